The van der Waals surface area contributed by atoms with Crippen molar-refractivity contribution in [2.24, 2.45) is 5.73 Å². The van der Waals surface area contributed by atoms with Crippen LogP contribution in [0.25, 0.3) is 11.3 Å². The summed E-state index contributed by atoms with van der Waals surface area (Å²) >= 11 is 0. The summed E-state index contributed by atoms with van der Waals surface area (Å²) < 4.78 is 28.4. The van der Waals surface area contributed by atoms with Crippen LogP contribution in [0, 0.1) is 18.6 Å². The van der Waals surface area contributed by atoms with Gasteiger partial charge in [0.05, 0.1) is 17.9 Å². The number of nitrogens with two attached hydrogens (primary N) is 1. The zero-order chi connectivity index (χ0) is 12.4. The van der Waals surface area contributed by atoms with Gasteiger partial charge in [0.2, 0.25) is 0 Å². The Kier molecular flexibility index (Phi) is 3.19. The minimum absolute atomic E-state index is 0.207. The van der Waals surface area contributed by atoms with Gasteiger partial charge in [0.15, 0.2) is 0 Å². The van der Waals surface area contributed by atoms with Gasteiger partial charge in [0, 0.05) is 12.1 Å². The minimum Gasteiger partial charge on any atom is -0.329 e. The van der Waals surface area contributed by atoms with Crippen LogP contribution in [0.4, 0.5) is 8.78 Å². The molecule has 0 fully saturated rings. The number of halogens is 2. The Hall–Kier alpha value is -1.75. The summed E-state index contributed by atoms with van der Waals surface area (Å²) in [5.41, 5.74) is 6.96. The molecule has 0 bridgehead atoms. The van der Waals surface area contributed by atoms with E-state index >= 15 is 0 Å². The lowest BCUT2D eigenvalue weighted by Crippen LogP contribution is -2.12. The van der Waals surface area contributed by atoms with E-state index in [4.69, 9.17) is 5.73 Å². The molecule has 0 saturated heterocycles. The Bertz CT molecular complexity index is 535. The van der Waals surface area contributed by atoms with Gasteiger partial charge in [-0.25, -0.2) is 8.78 Å². The number of nitrogens with zero attached hydrogens (tertiary/aromatic N) is 2. The first-order chi connectivity index (χ1) is 8.11. The summed E-state index contributed by atoms with van der Waals surface area (Å²) in [5, 5.41) is 4.20. The molecular weight excluding hydrogens is 224 g/mol. The summed E-state index contributed by atoms with van der Waals surface area (Å²) in [4.78, 5) is 0. The van der Waals surface area contributed by atoms with Crippen LogP contribution in [0.3, 0.4) is 0 Å². The molecule has 0 spiro atoms. The molecule has 0 radical (unpaired) electrons. The molecule has 2 N–H and O–H groups in total. The first-order valence-electron chi connectivity index (χ1n) is 5.32. The zero-order valence-corrected chi connectivity index (χ0v) is 9.45. The SMILES string of the molecule is Cc1cc(-c2cc(F)ccc2F)n(CCN)n1. The number of benzene rings is 1. The number of rotatable bonds is 3. The zero-order valence-electron chi connectivity index (χ0n) is 9.45. The van der Waals surface area contributed by atoms with Gasteiger partial charge in [0.25, 0.3) is 0 Å². The summed E-state index contributed by atoms with van der Waals surface area (Å²) in [7, 11) is 0. The van der Waals surface area contributed by atoms with Crippen LogP contribution in [0.1, 0.15) is 5.69 Å². The lowest BCUT2D eigenvalue weighted by atomic mass is 10.1. The number of hydrogen-bond acceptors (Lipinski definition) is 2. The highest BCUT2D eigenvalue weighted by atomic mass is 19.1. The second-order valence-corrected chi connectivity index (χ2v) is 3.81. The van der Waals surface area contributed by atoms with Crippen LogP contribution >= 0.6 is 0 Å². The van der Waals surface area contributed by atoms with Gasteiger partial charge in [-0.1, -0.05) is 0 Å². The Morgan fingerprint density at radius 3 is 2.76 bits per heavy atom. The third-order valence-corrected chi connectivity index (χ3v) is 2.45. The Balaban J connectivity index is 2.55. The maximum absolute atomic E-state index is 13.6. The van der Waals surface area contributed by atoms with E-state index in [0.29, 0.717) is 18.8 Å². The van der Waals surface area contributed by atoms with Crippen molar-refractivity contribution in [3.05, 3.63) is 41.6 Å². The largest absolute Gasteiger partial charge is 0.329 e. The molecule has 1 aromatic heterocycles. The topological polar surface area (TPSA) is 43.8 Å². The second kappa shape index (κ2) is 4.63. The van der Waals surface area contributed by atoms with Crippen LogP contribution < -0.4 is 5.73 Å². The number of aromatic nitrogens is 2. The molecule has 90 valence electrons. The highest BCUT2D eigenvalue weighted by Gasteiger charge is 2.12. The molecule has 3 nitrogen and oxygen atoms in total. The van der Waals surface area contributed by atoms with Gasteiger partial charge in [-0.3, -0.25) is 4.68 Å². The molecule has 0 aliphatic rings. The second-order valence-electron chi connectivity index (χ2n) is 3.81. The molecule has 0 amide bonds. The summed E-state index contributed by atoms with van der Waals surface area (Å²) in [6.07, 6.45) is 0. The lowest BCUT2D eigenvalue weighted by Gasteiger charge is -2.07. The van der Waals surface area contributed by atoms with Gasteiger partial charge >= 0.3 is 0 Å². The van der Waals surface area contributed by atoms with Crippen LogP contribution in [-0.2, 0) is 6.54 Å². The van der Waals surface area contributed by atoms with Crippen molar-refractivity contribution in [3.8, 4) is 11.3 Å². The average molecular weight is 237 g/mol. The van der Waals surface area contributed by atoms with E-state index in [2.05, 4.69) is 5.10 Å². The molecule has 1 aromatic carbocycles. The van der Waals surface area contributed by atoms with Crippen LogP contribution in [0.5, 0.6) is 0 Å². The summed E-state index contributed by atoms with van der Waals surface area (Å²) in [6.45, 7) is 2.66. The van der Waals surface area contributed by atoms with Crippen molar-refractivity contribution >= 4 is 0 Å². The molecule has 5 heteroatoms. The smallest absolute Gasteiger partial charge is 0.132 e. The van der Waals surface area contributed by atoms with E-state index in [1.165, 1.54) is 6.07 Å². The quantitative estimate of drug-likeness (QED) is 0.888. The van der Waals surface area contributed by atoms with E-state index in [1.54, 1.807) is 17.7 Å². The molecule has 0 unspecified atom stereocenters. The normalized spacial score (nSPS) is 10.8. The molecule has 2 rings (SSSR count). The molecule has 17 heavy (non-hydrogen) atoms. The predicted molar refractivity (Wildman–Crippen MR) is 61.4 cm³/mol. The number of hydrogen-bond donors (Lipinski definition) is 1. The fourth-order valence-electron chi connectivity index (χ4n) is 1.75. The fourth-order valence-corrected chi connectivity index (χ4v) is 1.75. The van der Waals surface area contributed by atoms with E-state index in [9.17, 15) is 8.78 Å². The van der Waals surface area contributed by atoms with Crippen LogP contribution in [-0.4, -0.2) is 16.3 Å². The predicted octanol–water partition coefficient (Wildman–Crippen LogP) is 2.10. The highest BCUT2D eigenvalue weighted by molar-refractivity contribution is 5.60. The van der Waals surface area contributed by atoms with Gasteiger partial charge in [-0.15, -0.1) is 0 Å². The molecular formula is C12H13F2N3. The van der Waals surface area contributed by atoms with Gasteiger partial charge < -0.3 is 5.73 Å². The first kappa shape index (κ1) is 11.7. The Morgan fingerprint density at radius 1 is 1.29 bits per heavy atom. The van der Waals surface area contributed by atoms with E-state index in [0.717, 1.165) is 17.8 Å². The first-order valence-corrected chi connectivity index (χ1v) is 5.32. The summed E-state index contributed by atoms with van der Waals surface area (Å²) in [6, 6.07) is 5.08. The van der Waals surface area contributed by atoms with E-state index in [1.807, 2.05) is 0 Å². The summed E-state index contributed by atoms with van der Waals surface area (Å²) in [5.74, 6) is -0.941. The van der Waals surface area contributed by atoms with Gasteiger partial charge in [-0.05, 0) is 31.2 Å². The maximum Gasteiger partial charge on any atom is 0.132 e. The van der Waals surface area contributed by atoms with Gasteiger partial charge in [-0.2, -0.15) is 5.10 Å². The van der Waals surface area contributed by atoms with E-state index < -0.39 is 11.6 Å². The molecule has 1 heterocycles. The van der Waals surface area contributed by atoms with Crippen molar-refractivity contribution in [2.75, 3.05) is 6.54 Å². The van der Waals surface area contributed by atoms with Crippen molar-refractivity contribution in [2.45, 2.75) is 13.5 Å². The molecule has 0 aliphatic heterocycles. The minimum atomic E-state index is -0.473. The van der Waals surface area contributed by atoms with Crippen LogP contribution in [0.15, 0.2) is 24.3 Å². The van der Waals surface area contributed by atoms with Crippen molar-refractivity contribution < 1.29 is 8.78 Å². The molecule has 0 aliphatic carbocycles. The average Bonchev–Trinajstić information content (AvgIpc) is 2.64. The van der Waals surface area contributed by atoms with Crippen LogP contribution in [0.2, 0.25) is 0 Å². The lowest BCUT2D eigenvalue weighted by molar-refractivity contribution is 0.593. The Morgan fingerprint density at radius 2 is 2.06 bits per heavy atom. The monoisotopic (exact) mass is 237 g/mol. The molecule has 0 saturated carbocycles. The maximum atomic E-state index is 13.6. The molecule has 0 atom stereocenters. The van der Waals surface area contributed by atoms with Gasteiger partial charge in [0.1, 0.15) is 11.6 Å². The fraction of sp³-hybridized carbons (Fsp3) is 0.250. The van der Waals surface area contributed by atoms with E-state index in [-0.39, 0.29) is 5.56 Å². The Labute approximate surface area is 97.9 Å². The highest BCUT2D eigenvalue weighted by Crippen LogP contribution is 2.24. The third-order valence-electron chi connectivity index (χ3n) is 2.45. The van der Waals surface area contributed by atoms with Crippen molar-refractivity contribution in [1.82, 2.24) is 9.78 Å². The molecule has 2 aromatic rings. The standard InChI is InChI=1S/C12H13F2N3/c1-8-6-12(17(16-8)5-4-15)10-7-9(13)2-3-11(10)14/h2-3,6-7H,4-5,15H2,1H3. The third kappa shape index (κ3) is 2.34. The van der Waals surface area contributed by atoms with Crippen molar-refractivity contribution in [3.63, 3.8) is 0 Å². The number of aryl methyl sites for hydroxylation is 1. The van der Waals surface area contributed by atoms with Crippen molar-refractivity contribution in [1.29, 1.82) is 0 Å².